The van der Waals surface area contributed by atoms with Gasteiger partial charge in [-0.15, -0.1) is 0 Å². The van der Waals surface area contributed by atoms with Crippen LogP contribution in [0.15, 0.2) is 18.2 Å². The first-order chi connectivity index (χ1) is 10.2. The number of nitrogens with one attached hydrogen (secondary N) is 1. The molecule has 0 spiro atoms. The molecule has 1 aliphatic rings. The van der Waals surface area contributed by atoms with Crippen LogP contribution in [-0.4, -0.2) is 35.1 Å². The standard InChI is InChI=1S/C14H15ClFN5/c1-17-13-18-12(9-6-10(15)8-11(16)7-9)19-14(20-13)21-4-2-3-5-21/h6-8H,2-5H2,1H3,(H,17,18,19,20). The Bertz CT molecular complexity index is 638. The van der Waals surface area contributed by atoms with E-state index in [0.29, 0.717) is 28.3 Å². The van der Waals surface area contributed by atoms with E-state index >= 15 is 0 Å². The highest BCUT2D eigenvalue weighted by atomic mass is 35.5. The van der Waals surface area contributed by atoms with Crippen LogP contribution < -0.4 is 10.2 Å². The zero-order valence-corrected chi connectivity index (χ0v) is 12.4. The third kappa shape index (κ3) is 3.05. The minimum atomic E-state index is -0.411. The van der Waals surface area contributed by atoms with Crippen molar-refractivity contribution >= 4 is 23.5 Å². The van der Waals surface area contributed by atoms with Crippen LogP contribution in [0, 0.1) is 5.82 Å². The largest absolute Gasteiger partial charge is 0.357 e. The van der Waals surface area contributed by atoms with Crippen molar-refractivity contribution in [3.05, 3.63) is 29.0 Å². The van der Waals surface area contributed by atoms with Gasteiger partial charge in [0.15, 0.2) is 5.82 Å². The van der Waals surface area contributed by atoms with Crippen molar-refractivity contribution in [1.29, 1.82) is 0 Å². The first-order valence-corrected chi connectivity index (χ1v) is 7.19. The van der Waals surface area contributed by atoms with E-state index in [1.807, 2.05) is 0 Å². The number of benzene rings is 1. The first-order valence-electron chi connectivity index (χ1n) is 6.81. The number of halogens is 2. The molecule has 2 aromatic rings. The lowest BCUT2D eigenvalue weighted by Crippen LogP contribution is -2.21. The van der Waals surface area contributed by atoms with Gasteiger partial charge in [-0.05, 0) is 31.0 Å². The van der Waals surface area contributed by atoms with Gasteiger partial charge in [0.1, 0.15) is 5.82 Å². The molecule has 0 unspecified atom stereocenters. The summed E-state index contributed by atoms with van der Waals surface area (Å²) in [5.74, 6) is 1.08. The predicted molar refractivity (Wildman–Crippen MR) is 81.2 cm³/mol. The molecule has 21 heavy (non-hydrogen) atoms. The van der Waals surface area contributed by atoms with Crippen molar-refractivity contribution in [2.24, 2.45) is 0 Å². The summed E-state index contributed by atoms with van der Waals surface area (Å²) in [5, 5.41) is 3.23. The molecule has 1 aliphatic heterocycles. The molecule has 7 heteroatoms. The minimum Gasteiger partial charge on any atom is -0.357 e. The van der Waals surface area contributed by atoms with Gasteiger partial charge in [-0.1, -0.05) is 11.6 Å². The van der Waals surface area contributed by atoms with Gasteiger partial charge in [0.2, 0.25) is 11.9 Å². The molecular weight excluding hydrogens is 293 g/mol. The van der Waals surface area contributed by atoms with Gasteiger partial charge < -0.3 is 10.2 Å². The average molecular weight is 308 g/mol. The Morgan fingerprint density at radius 1 is 1.14 bits per heavy atom. The molecule has 3 rings (SSSR count). The van der Waals surface area contributed by atoms with Gasteiger partial charge in [-0.2, -0.15) is 15.0 Å². The summed E-state index contributed by atoms with van der Waals surface area (Å²) in [4.78, 5) is 15.2. The summed E-state index contributed by atoms with van der Waals surface area (Å²) in [6.45, 7) is 1.85. The molecule has 0 aliphatic carbocycles. The fourth-order valence-corrected chi connectivity index (χ4v) is 2.57. The highest BCUT2D eigenvalue weighted by Gasteiger charge is 2.18. The second-order valence-electron chi connectivity index (χ2n) is 4.88. The van der Waals surface area contributed by atoms with Gasteiger partial charge in [-0.3, -0.25) is 0 Å². The smallest absolute Gasteiger partial charge is 0.230 e. The van der Waals surface area contributed by atoms with Gasteiger partial charge in [0.05, 0.1) is 0 Å². The quantitative estimate of drug-likeness (QED) is 0.945. The minimum absolute atomic E-state index is 0.319. The van der Waals surface area contributed by atoms with Gasteiger partial charge >= 0.3 is 0 Å². The van der Waals surface area contributed by atoms with Gasteiger partial charge in [0.25, 0.3) is 0 Å². The van der Waals surface area contributed by atoms with Crippen LogP contribution in [-0.2, 0) is 0 Å². The van der Waals surface area contributed by atoms with Crippen LogP contribution in [0.4, 0.5) is 16.3 Å². The van der Waals surface area contributed by atoms with Crippen LogP contribution in [0.1, 0.15) is 12.8 Å². The first kappa shape index (κ1) is 14.0. The van der Waals surface area contributed by atoms with Crippen molar-refractivity contribution in [3.63, 3.8) is 0 Å². The number of nitrogens with zero attached hydrogens (tertiary/aromatic N) is 4. The predicted octanol–water partition coefficient (Wildman–Crippen LogP) is 2.97. The van der Waals surface area contributed by atoms with Crippen molar-refractivity contribution in [1.82, 2.24) is 15.0 Å². The fourth-order valence-electron chi connectivity index (χ4n) is 2.35. The molecule has 1 aromatic heterocycles. The SMILES string of the molecule is CNc1nc(-c2cc(F)cc(Cl)c2)nc(N2CCCC2)n1. The Balaban J connectivity index is 2.06. The van der Waals surface area contributed by atoms with E-state index in [9.17, 15) is 4.39 Å². The number of hydrogen-bond acceptors (Lipinski definition) is 5. The van der Waals surface area contributed by atoms with E-state index in [1.165, 1.54) is 12.1 Å². The zero-order valence-electron chi connectivity index (χ0n) is 11.6. The van der Waals surface area contributed by atoms with Crippen molar-refractivity contribution in [2.75, 3.05) is 30.4 Å². The average Bonchev–Trinajstić information content (AvgIpc) is 3.00. The maximum Gasteiger partial charge on any atom is 0.230 e. The Morgan fingerprint density at radius 2 is 1.90 bits per heavy atom. The summed E-state index contributed by atoms with van der Waals surface area (Å²) in [7, 11) is 1.74. The van der Waals surface area contributed by atoms with Gasteiger partial charge in [-0.25, -0.2) is 4.39 Å². The molecular formula is C14H15ClFN5. The van der Waals surface area contributed by atoms with Crippen molar-refractivity contribution in [2.45, 2.75) is 12.8 Å². The molecule has 0 radical (unpaired) electrons. The van der Waals surface area contributed by atoms with Gasteiger partial charge in [0, 0.05) is 30.7 Å². The third-order valence-electron chi connectivity index (χ3n) is 3.36. The van der Waals surface area contributed by atoms with Crippen LogP contribution in [0.25, 0.3) is 11.4 Å². The fraction of sp³-hybridized carbons (Fsp3) is 0.357. The maximum absolute atomic E-state index is 13.5. The third-order valence-corrected chi connectivity index (χ3v) is 3.58. The lowest BCUT2D eigenvalue weighted by molar-refractivity contribution is 0.628. The molecule has 0 atom stereocenters. The monoisotopic (exact) mass is 307 g/mol. The number of hydrogen-bond donors (Lipinski definition) is 1. The van der Waals surface area contributed by atoms with Crippen molar-refractivity contribution < 1.29 is 4.39 Å². The van der Waals surface area contributed by atoms with E-state index in [1.54, 1.807) is 13.1 Å². The van der Waals surface area contributed by atoms with Crippen molar-refractivity contribution in [3.8, 4) is 11.4 Å². The Morgan fingerprint density at radius 3 is 2.57 bits per heavy atom. The molecule has 1 N–H and O–H groups in total. The molecule has 0 bridgehead atoms. The number of aromatic nitrogens is 3. The Labute approximate surface area is 127 Å². The van der Waals surface area contributed by atoms with Crippen LogP contribution in [0.3, 0.4) is 0 Å². The normalized spacial score (nSPS) is 14.5. The molecule has 5 nitrogen and oxygen atoms in total. The Kier molecular flexibility index (Phi) is 3.88. The maximum atomic E-state index is 13.5. The topological polar surface area (TPSA) is 53.9 Å². The summed E-state index contributed by atoms with van der Waals surface area (Å²) in [6, 6.07) is 4.27. The zero-order chi connectivity index (χ0) is 14.8. The van der Waals surface area contributed by atoms with E-state index < -0.39 is 5.82 Å². The molecule has 110 valence electrons. The molecule has 0 saturated carbocycles. The van der Waals surface area contributed by atoms with E-state index in [-0.39, 0.29) is 0 Å². The lowest BCUT2D eigenvalue weighted by Gasteiger charge is -2.16. The van der Waals surface area contributed by atoms with Crippen LogP contribution >= 0.6 is 11.6 Å². The summed E-state index contributed by atoms with van der Waals surface area (Å²) < 4.78 is 13.5. The van der Waals surface area contributed by atoms with Crippen LogP contribution in [0.2, 0.25) is 5.02 Å². The molecule has 1 fully saturated rings. The second kappa shape index (κ2) is 5.81. The van der Waals surface area contributed by atoms with Crippen LogP contribution in [0.5, 0.6) is 0 Å². The molecule has 1 aromatic carbocycles. The van der Waals surface area contributed by atoms with E-state index in [0.717, 1.165) is 25.9 Å². The number of rotatable bonds is 3. The lowest BCUT2D eigenvalue weighted by atomic mass is 10.2. The molecule has 0 amide bonds. The highest BCUT2D eigenvalue weighted by molar-refractivity contribution is 6.30. The number of anilines is 2. The summed E-state index contributed by atoms with van der Waals surface area (Å²) in [6.07, 6.45) is 2.25. The van der Waals surface area contributed by atoms with E-state index in [4.69, 9.17) is 11.6 Å². The molecule has 2 heterocycles. The molecule has 1 saturated heterocycles. The second-order valence-corrected chi connectivity index (χ2v) is 5.32. The highest BCUT2D eigenvalue weighted by Crippen LogP contribution is 2.25. The Hall–Kier alpha value is -1.95. The summed E-state index contributed by atoms with van der Waals surface area (Å²) >= 11 is 5.90. The summed E-state index contributed by atoms with van der Waals surface area (Å²) in [5.41, 5.74) is 0.541. The van der Waals surface area contributed by atoms with E-state index in [2.05, 4.69) is 25.2 Å².